The van der Waals surface area contributed by atoms with Crippen LogP contribution in [0.5, 0.6) is 0 Å². The van der Waals surface area contributed by atoms with Crippen molar-refractivity contribution in [3.8, 4) is 0 Å². The van der Waals surface area contributed by atoms with Crippen LogP contribution in [0.25, 0.3) is 0 Å². The topological polar surface area (TPSA) is 66.4 Å². The highest BCUT2D eigenvalue weighted by Gasteiger charge is 2.58. The molecule has 1 aromatic carbocycles. The number of carbonyl (C=O) groups is 2. The smallest absolute Gasteiger partial charge is 0.303 e. The van der Waals surface area contributed by atoms with Crippen molar-refractivity contribution in [1.82, 2.24) is 5.32 Å². The third kappa shape index (κ3) is 3.92. The van der Waals surface area contributed by atoms with E-state index in [1.807, 2.05) is 30.3 Å². The van der Waals surface area contributed by atoms with Crippen molar-refractivity contribution in [3.63, 3.8) is 0 Å². The van der Waals surface area contributed by atoms with Crippen molar-refractivity contribution < 1.29 is 14.7 Å². The van der Waals surface area contributed by atoms with Gasteiger partial charge in [0.05, 0.1) is 0 Å². The highest BCUT2D eigenvalue weighted by atomic mass is 16.4. The van der Waals surface area contributed by atoms with Crippen molar-refractivity contribution in [2.24, 2.45) is 11.3 Å². The minimum absolute atomic E-state index is 0.0909. The number of rotatable bonds is 7. The van der Waals surface area contributed by atoms with Crippen molar-refractivity contribution in [1.29, 1.82) is 0 Å². The first-order chi connectivity index (χ1) is 11.1. The molecule has 0 heterocycles. The largest absolute Gasteiger partial charge is 0.481 e. The molecule has 124 valence electrons. The molecule has 2 saturated carbocycles. The minimum Gasteiger partial charge on any atom is -0.481 e. The van der Waals surface area contributed by atoms with E-state index in [4.69, 9.17) is 5.11 Å². The number of carbonyl (C=O) groups excluding carboxylic acids is 1. The van der Waals surface area contributed by atoms with Crippen LogP contribution in [-0.2, 0) is 16.0 Å². The lowest BCUT2D eigenvalue weighted by atomic mass is 9.99. The van der Waals surface area contributed by atoms with Crippen LogP contribution in [0.1, 0.15) is 50.5 Å². The molecule has 0 aromatic heterocycles. The van der Waals surface area contributed by atoms with Gasteiger partial charge in [0.15, 0.2) is 0 Å². The van der Waals surface area contributed by atoms with Crippen molar-refractivity contribution in [2.45, 2.75) is 57.4 Å². The van der Waals surface area contributed by atoms with Gasteiger partial charge in [-0.05, 0) is 43.1 Å². The summed E-state index contributed by atoms with van der Waals surface area (Å²) in [5.74, 6) is -0.512. The van der Waals surface area contributed by atoms with Gasteiger partial charge in [0.1, 0.15) is 0 Å². The Kier molecular flexibility index (Phi) is 4.69. The standard InChI is InChI=1S/C19H25NO3/c21-17(22)9-8-15(12-14-6-2-1-3-7-14)20-18(23)16-13-19(16)10-4-5-11-19/h1-3,6-7,15-16H,4-5,8-13H2,(H,20,23)(H,21,22). The molecule has 1 aromatic rings. The van der Waals surface area contributed by atoms with Crippen LogP contribution in [0.2, 0.25) is 0 Å². The lowest BCUT2D eigenvalue weighted by Crippen LogP contribution is -2.38. The van der Waals surface area contributed by atoms with E-state index in [9.17, 15) is 9.59 Å². The normalized spacial score (nSPS) is 22.7. The quantitative estimate of drug-likeness (QED) is 0.812. The van der Waals surface area contributed by atoms with Crippen molar-refractivity contribution >= 4 is 11.9 Å². The molecule has 4 nitrogen and oxygen atoms in total. The first kappa shape index (κ1) is 16.0. The lowest BCUT2D eigenvalue weighted by molar-refractivity contribution is -0.137. The fourth-order valence-electron chi connectivity index (χ4n) is 4.07. The number of amides is 1. The molecule has 2 aliphatic rings. The molecule has 23 heavy (non-hydrogen) atoms. The van der Waals surface area contributed by atoms with Gasteiger partial charge in [0, 0.05) is 18.4 Å². The van der Waals surface area contributed by atoms with Crippen LogP contribution >= 0.6 is 0 Å². The van der Waals surface area contributed by atoms with Gasteiger partial charge in [-0.25, -0.2) is 0 Å². The number of carboxylic acid groups (broad SMARTS) is 1. The molecule has 2 atom stereocenters. The summed E-state index contributed by atoms with van der Waals surface area (Å²) in [6, 6.07) is 9.85. The fourth-order valence-corrected chi connectivity index (χ4v) is 4.07. The average molecular weight is 315 g/mol. The second-order valence-corrected chi connectivity index (χ2v) is 7.15. The molecule has 4 heteroatoms. The number of aliphatic carboxylic acids is 1. The summed E-state index contributed by atoms with van der Waals surface area (Å²) in [7, 11) is 0. The molecule has 0 aliphatic heterocycles. The van der Waals surface area contributed by atoms with Gasteiger partial charge in [-0.1, -0.05) is 43.2 Å². The van der Waals surface area contributed by atoms with E-state index in [0.29, 0.717) is 12.8 Å². The molecule has 2 unspecified atom stereocenters. The van der Waals surface area contributed by atoms with Crippen LogP contribution in [-0.4, -0.2) is 23.0 Å². The summed E-state index contributed by atoms with van der Waals surface area (Å²) >= 11 is 0. The molecular formula is C19H25NO3. The summed E-state index contributed by atoms with van der Waals surface area (Å²) in [6.45, 7) is 0. The van der Waals surface area contributed by atoms with E-state index in [2.05, 4.69) is 5.32 Å². The van der Waals surface area contributed by atoms with E-state index in [1.165, 1.54) is 25.7 Å². The number of carboxylic acids is 1. The van der Waals surface area contributed by atoms with Gasteiger partial charge in [0.2, 0.25) is 5.91 Å². The van der Waals surface area contributed by atoms with Gasteiger partial charge >= 0.3 is 5.97 Å². The number of hydrogen-bond acceptors (Lipinski definition) is 2. The summed E-state index contributed by atoms with van der Waals surface area (Å²) in [6.07, 6.45) is 7.15. The molecule has 0 radical (unpaired) electrons. The zero-order chi connectivity index (χ0) is 16.3. The third-order valence-corrected chi connectivity index (χ3v) is 5.48. The Bertz CT molecular complexity index is 563. The van der Waals surface area contributed by atoms with Gasteiger partial charge in [-0.15, -0.1) is 0 Å². The Labute approximate surface area is 137 Å². The molecule has 2 N–H and O–H groups in total. The zero-order valence-electron chi connectivity index (χ0n) is 13.5. The second-order valence-electron chi connectivity index (χ2n) is 7.15. The van der Waals surface area contributed by atoms with Crippen LogP contribution in [0.4, 0.5) is 0 Å². The van der Waals surface area contributed by atoms with Crippen LogP contribution < -0.4 is 5.32 Å². The van der Waals surface area contributed by atoms with E-state index in [-0.39, 0.29) is 29.7 Å². The predicted molar refractivity (Wildman–Crippen MR) is 88.0 cm³/mol. The molecule has 0 bridgehead atoms. The summed E-state index contributed by atoms with van der Waals surface area (Å²) in [4.78, 5) is 23.4. The molecule has 0 saturated heterocycles. The summed E-state index contributed by atoms with van der Waals surface area (Å²) < 4.78 is 0. The maximum absolute atomic E-state index is 12.6. The van der Waals surface area contributed by atoms with E-state index in [0.717, 1.165) is 12.0 Å². The van der Waals surface area contributed by atoms with E-state index < -0.39 is 5.97 Å². The highest BCUT2D eigenvalue weighted by molar-refractivity contribution is 5.83. The maximum Gasteiger partial charge on any atom is 0.303 e. The number of hydrogen-bond donors (Lipinski definition) is 2. The lowest BCUT2D eigenvalue weighted by Gasteiger charge is -2.19. The summed E-state index contributed by atoms with van der Waals surface area (Å²) in [5.41, 5.74) is 1.42. The van der Waals surface area contributed by atoms with Crippen molar-refractivity contribution in [3.05, 3.63) is 35.9 Å². The Morgan fingerprint density at radius 1 is 1.22 bits per heavy atom. The Hall–Kier alpha value is -1.84. The van der Waals surface area contributed by atoms with Gasteiger partial charge in [0.25, 0.3) is 0 Å². The average Bonchev–Trinajstić information content (AvgIpc) is 3.03. The number of nitrogens with one attached hydrogen (secondary N) is 1. The Morgan fingerprint density at radius 3 is 2.57 bits per heavy atom. The Morgan fingerprint density at radius 2 is 1.91 bits per heavy atom. The molecule has 1 spiro atoms. The number of benzene rings is 1. The summed E-state index contributed by atoms with van der Waals surface area (Å²) in [5, 5.41) is 12.1. The second kappa shape index (κ2) is 6.73. The molecule has 2 aliphatic carbocycles. The van der Waals surface area contributed by atoms with E-state index >= 15 is 0 Å². The Balaban J connectivity index is 1.59. The minimum atomic E-state index is -0.809. The third-order valence-electron chi connectivity index (χ3n) is 5.48. The maximum atomic E-state index is 12.6. The first-order valence-corrected chi connectivity index (χ1v) is 8.65. The molecule has 2 fully saturated rings. The zero-order valence-corrected chi connectivity index (χ0v) is 13.5. The van der Waals surface area contributed by atoms with Crippen LogP contribution in [0.3, 0.4) is 0 Å². The van der Waals surface area contributed by atoms with Gasteiger partial charge < -0.3 is 10.4 Å². The molecule has 3 rings (SSSR count). The van der Waals surface area contributed by atoms with Crippen molar-refractivity contribution in [2.75, 3.05) is 0 Å². The monoisotopic (exact) mass is 315 g/mol. The van der Waals surface area contributed by atoms with Gasteiger partial charge in [-0.2, -0.15) is 0 Å². The highest BCUT2D eigenvalue weighted by Crippen LogP contribution is 2.62. The molecular weight excluding hydrogens is 290 g/mol. The van der Waals surface area contributed by atoms with E-state index in [1.54, 1.807) is 0 Å². The van der Waals surface area contributed by atoms with Crippen LogP contribution in [0.15, 0.2) is 30.3 Å². The van der Waals surface area contributed by atoms with Gasteiger partial charge in [-0.3, -0.25) is 9.59 Å². The molecule has 1 amide bonds. The van der Waals surface area contributed by atoms with Crippen LogP contribution in [0, 0.1) is 11.3 Å². The SMILES string of the molecule is O=C(O)CCC(Cc1ccccc1)NC(=O)C1CC12CCCC2. The fraction of sp³-hybridized carbons (Fsp3) is 0.579. The predicted octanol–water partition coefficient (Wildman–Crippen LogP) is 3.16. The first-order valence-electron chi connectivity index (χ1n) is 8.65.